The number of nitrogens with one attached hydrogen (secondary N) is 1. The van der Waals surface area contributed by atoms with Gasteiger partial charge in [-0.1, -0.05) is 48.5 Å². The van der Waals surface area contributed by atoms with Gasteiger partial charge in [0.2, 0.25) is 0 Å². The number of methoxy groups -OCH3 is 1. The largest absolute Gasteiger partial charge is 0.496 e. The molecule has 1 atom stereocenters. The quantitative estimate of drug-likeness (QED) is 0.872. The van der Waals surface area contributed by atoms with Crippen molar-refractivity contribution in [2.24, 2.45) is 0 Å². The molecule has 2 heterocycles. The SMILES string of the molecule is COc1ccccc1C1NC(=O)N(C)C2=C1C(=O)N(CCc1ccccc1)C2. The van der Waals surface area contributed by atoms with Crippen LogP contribution in [-0.2, 0) is 11.2 Å². The van der Waals surface area contributed by atoms with Crippen LogP contribution >= 0.6 is 0 Å². The standard InChI is InChI=1S/C22H23N3O3/c1-24-17-14-25(13-12-15-8-4-3-5-9-15)21(26)19(17)20(23-22(24)27)16-10-6-7-11-18(16)28-2/h3-11,20H,12-14H2,1-2H3,(H,23,27). The van der Waals surface area contributed by atoms with E-state index in [1.54, 1.807) is 19.1 Å². The minimum absolute atomic E-state index is 0.0336. The summed E-state index contributed by atoms with van der Waals surface area (Å²) >= 11 is 0. The number of amides is 3. The Morgan fingerprint density at radius 2 is 1.79 bits per heavy atom. The third-order valence-electron chi connectivity index (χ3n) is 5.40. The molecular weight excluding hydrogens is 354 g/mol. The molecule has 2 aromatic rings. The molecule has 144 valence electrons. The summed E-state index contributed by atoms with van der Waals surface area (Å²) in [6.45, 7) is 1.05. The van der Waals surface area contributed by atoms with Gasteiger partial charge in [-0.2, -0.15) is 0 Å². The lowest BCUT2D eigenvalue weighted by Crippen LogP contribution is -2.45. The average Bonchev–Trinajstić information content (AvgIpc) is 3.06. The lowest BCUT2D eigenvalue weighted by molar-refractivity contribution is -0.125. The number of hydrogen-bond acceptors (Lipinski definition) is 3. The minimum atomic E-state index is -0.510. The summed E-state index contributed by atoms with van der Waals surface area (Å²) in [6.07, 6.45) is 0.775. The van der Waals surface area contributed by atoms with E-state index >= 15 is 0 Å². The smallest absolute Gasteiger partial charge is 0.322 e. The van der Waals surface area contributed by atoms with E-state index in [0.717, 1.165) is 17.7 Å². The summed E-state index contributed by atoms with van der Waals surface area (Å²) in [5.74, 6) is 0.619. The molecule has 0 saturated carbocycles. The van der Waals surface area contributed by atoms with Crippen molar-refractivity contribution in [2.45, 2.75) is 12.5 Å². The highest BCUT2D eigenvalue weighted by atomic mass is 16.5. The fraction of sp³-hybridized carbons (Fsp3) is 0.273. The van der Waals surface area contributed by atoms with E-state index in [2.05, 4.69) is 17.4 Å². The van der Waals surface area contributed by atoms with Crippen LogP contribution in [0.2, 0.25) is 0 Å². The topological polar surface area (TPSA) is 61.9 Å². The second-order valence-corrected chi connectivity index (χ2v) is 7.01. The minimum Gasteiger partial charge on any atom is -0.496 e. The summed E-state index contributed by atoms with van der Waals surface area (Å²) in [5.41, 5.74) is 3.36. The van der Waals surface area contributed by atoms with Crippen molar-refractivity contribution in [1.29, 1.82) is 0 Å². The monoisotopic (exact) mass is 377 g/mol. The summed E-state index contributed by atoms with van der Waals surface area (Å²) in [4.78, 5) is 29.1. The van der Waals surface area contributed by atoms with E-state index in [9.17, 15) is 9.59 Å². The van der Waals surface area contributed by atoms with E-state index in [4.69, 9.17) is 4.74 Å². The number of urea groups is 1. The molecule has 0 aromatic heterocycles. The second kappa shape index (κ2) is 7.38. The Morgan fingerprint density at radius 1 is 1.07 bits per heavy atom. The predicted molar refractivity (Wildman–Crippen MR) is 106 cm³/mol. The Bertz CT molecular complexity index is 939. The first-order valence-corrected chi connectivity index (χ1v) is 9.33. The van der Waals surface area contributed by atoms with Gasteiger partial charge in [0.15, 0.2) is 0 Å². The first-order valence-electron chi connectivity index (χ1n) is 9.33. The highest BCUT2D eigenvalue weighted by Gasteiger charge is 2.43. The Morgan fingerprint density at radius 3 is 2.54 bits per heavy atom. The number of ether oxygens (including phenoxy) is 1. The zero-order chi connectivity index (χ0) is 19.7. The van der Waals surface area contributed by atoms with E-state index in [1.165, 1.54) is 5.56 Å². The number of hydrogen-bond donors (Lipinski definition) is 1. The van der Waals surface area contributed by atoms with Crippen LogP contribution in [-0.4, -0.2) is 49.0 Å². The van der Waals surface area contributed by atoms with Crippen LogP contribution in [0.4, 0.5) is 4.79 Å². The first kappa shape index (κ1) is 18.1. The summed E-state index contributed by atoms with van der Waals surface area (Å²) in [5, 5.41) is 2.95. The van der Waals surface area contributed by atoms with Crippen LogP contribution in [0, 0.1) is 0 Å². The maximum absolute atomic E-state index is 13.2. The maximum atomic E-state index is 13.2. The molecule has 0 bridgehead atoms. The number of rotatable bonds is 5. The van der Waals surface area contributed by atoms with Gasteiger partial charge in [0, 0.05) is 19.2 Å². The molecular formula is C22H23N3O3. The molecule has 1 N–H and O–H groups in total. The predicted octanol–water partition coefficient (Wildman–Crippen LogP) is 2.73. The van der Waals surface area contributed by atoms with Crippen molar-refractivity contribution in [1.82, 2.24) is 15.1 Å². The molecule has 0 spiro atoms. The third kappa shape index (κ3) is 3.11. The third-order valence-corrected chi connectivity index (χ3v) is 5.40. The van der Waals surface area contributed by atoms with Gasteiger partial charge < -0.3 is 15.0 Å². The Balaban J connectivity index is 1.63. The van der Waals surface area contributed by atoms with Crippen LogP contribution < -0.4 is 10.1 Å². The van der Waals surface area contributed by atoms with Crippen LogP contribution in [0.3, 0.4) is 0 Å². The fourth-order valence-corrected chi connectivity index (χ4v) is 3.85. The molecule has 0 radical (unpaired) electrons. The number of carbonyl (C=O) groups excluding carboxylic acids is 2. The van der Waals surface area contributed by atoms with Crippen LogP contribution in [0.15, 0.2) is 65.9 Å². The lowest BCUT2D eigenvalue weighted by Gasteiger charge is -2.31. The van der Waals surface area contributed by atoms with Gasteiger partial charge >= 0.3 is 6.03 Å². The van der Waals surface area contributed by atoms with E-state index in [0.29, 0.717) is 24.4 Å². The molecule has 6 heteroatoms. The number of para-hydroxylation sites is 1. The number of likely N-dealkylation sites (N-methyl/N-ethyl adjacent to an activating group) is 1. The summed E-state index contributed by atoms with van der Waals surface area (Å²) in [6, 6.07) is 16.9. The molecule has 4 rings (SSSR count). The molecule has 2 aliphatic heterocycles. The van der Waals surface area contributed by atoms with Crippen LogP contribution in [0.25, 0.3) is 0 Å². The zero-order valence-electron chi connectivity index (χ0n) is 16.0. The van der Waals surface area contributed by atoms with Gasteiger partial charge in [0.1, 0.15) is 5.75 Å². The van der Waals surface area contributed by atoms with E-state index < -0.39 is 6.04 Å². The van der Waals surface area contributed by atoms with Crippen molar-refractivity contribution in [2.75, 3.05) is 27.2 Å². The molecule has 0 fully saturated rings. The summed E-state index contributed by atoms with van der Waals surface area (Å²) < 4.78 is 5.46. The highest BCUT2D eigenvalue weighted by Crippen LogP contribution is 2.38. The zero-order valence-corrected chi connectivity index (χ0v) is 16.0. The van der Waals surface area contributed by atoms with Crippen molar-refractivity contribution in [3.63, 3.8) is 0 Å². The average molecular weight is 377 g/mol. The lowest BCUT2D eigenvalue weighted by atomic mass is 9.95. The molecule has 2 aromatic carbocycles. The number of nitrogens with zero attached hydrogens (tertiary/aromatic N) is 2. The number of carbonyl (C=O) groups is 2. The van der Waals surface area contributed by atoms with Gasteiger partial charge in [-0.15, -0.1) is 0 Å². The Kier molecular flexibility index (Phi) is 4.77. The van der Waals surface area contributed by atoms with Gasteiger partial charge in [0.25, 0.3) is 5.91 Å². The van der Waals surface area contributed by atoms with Gasteiger partial charge in [-0.3, -0.25) is 9.69 Å². The molecule has 28 heavy (non-hydrogen) atoms. The normalized spacial score (nSPS) is 19.0. The van der Waals surface area contributed by atoms with Crippen LogP contribution in [0.5, 0.6) is 5.75 Å². The molecule has 1 unspecified atom stereocenters. The highest BCUT2D eigenvalue weighted by molar-refractivity contribution is 6.01. The maximum Gasteiger partial charge on any atom is 0.322 e. The molecule has 0 aliphatic carbocycles. The van der Waals surface area contributed by atoms with Crippen molar-refractivity contribution in [3.8, 4) is 5.75 Å². The van der Waals surface area contributed by atoms with Crippen molar-refractivity contribution in [3.05, 3.63) is 77.0 Å². The van der Waals surface area contributed by atoms with Crippen LogP contribution in [0.1, 0.15) is 17.2 Å². The Hall–Kier alpha value is -3.28. The molecule has 0 saturated heterocycles. The number of benzene rings is 2. The fourth-order valence-electron chi connectivity index (χ4n) is 3.85. The van der Waals surface area contributed by atoms with Crippen molar-refractivity contribution < 1.29 is 14.3 Å². The molecule has 6 nitrogen and oxygen atoms in total. The first-order chi connectivity index (χ1) is 13.6. The Labute approximate surface area is 164 Å². The van der Waals surface area contributed by atoms with E-state index in [-0.39, 0.29) is 11.9 Å². The molecule has 3 amide bonds. The van der Waals surface area contributed by atoms with Gasteiger partial charge in [-0.25, -0.2) is 4.79 Å². The van der Waals surface area contributed by atoms with Gasteiger partial charge in [-0.05, 0) is 18.1 Å². The molecule has 2 aliphatic rings. The van der Waals surface area contributed by atoms with E-state index in [1.807, 2.05) is 47.4 Å². The summed E-state index contributed by atoms with van der Waals surface area (Å²) in [7, 11) is 3.30. The van der Waals surface area contributed by atoms with Gasteiger partial charge in [0.05, 0.1) is 31.0 Å². The van der Waals surface area contributed by atoms with Crippen molar-refractivity contribution >= 4 is 11.9 Å². The second-order valence-electron chi connectivity index (χ2n) is 7.01.